The molecular weight excluding hydrogens is 498 g/mol. The molecule has 8 heteroatoms. The highest BCUT2D eigenvalue weighted by molar-refractivity contribution is 9.10. The summed E-state index contributed by atoms with van der Waals surface area (Å²) < 4.78 is 2.99. The minimum absolute atomic E-state index is 0.0796. The van der Waals surface area contributed by atoms with Gasteiger partial charge in [-0.1, -0.05) is 52.3 Å². The summed E-state index contributed by atoms with van der Waals surface area (Å²) in [5, 5.41) is 12.6. The maximum atomic E-state index is 12.9. The molecule has 1 amide bonds. The van der Waals surface area contributed by atoms with Gasteiger partial charge in [0.2, 0.25) is 5.91 Å². The molecule has 0 saturated carbocycles. The van der Waals surface area contributed by atoms with E-state index < -0.39 is 0 Å². The van der Waals surface area contributed by atoms with Crippen LogP contribution in [0.25, 0.3) is 17.1 Å². The summed E-state index contributed by atoms with van der Waals surface area (Å²) in [7, 11) is 0. The van der Waals surface area contributed by atoms with Crippen molar-refractivity contribution in [3.63, 3.8) is 0 Å². The Morgan fingerprint density at radius 1 is 1.06 bits per heavy atom. The molecule has 0 atom stereocenters. The molecule has 0 aliphatic heterocycles. The first-order chi connectivity index (χ1) is 16.0. The topological polar surface area (TPSA) is 72.7 Å². The van der Waals surface area contributed by atoms with Gasteiger partial charge in [0.05, 0.1) is 5.75 Å². The lowest BCUT2D eigenvalue weighted by atomic mass is 10.1. The summed E-state index contributed by atoms with van der Waals surface area (Å²) in [4.78, 5) is 17.0. The second-order valence-electron chi connectivity index (χ2n) is 7.66. The van der Waals surface area contributed by atoms with Crippen molar-refractivity contribution in [3.8, 4) is 17.1 Å². The lowest BCUT2D eigenvalue weighted by Crippen LogP contribution is -2.16. The Labute approximate surface area is 206 Å². The number of halogens is 1. The molecule has 0 aliphatic rings. The first kappa shape index (κ1) is 23.2. The van der Waals surface area contributed by atoms with Crippen molar-refractivity contribution in [2.24, 2.45) is 0 Å². The fourth-order valence-electron chi connectivity index (χ4n) is 3.55. The van der Waals surface area contributed by atoms with Gasteiger partial charge in [0, 0.05) is 33.8 Å². The summed E-state index contributed by atoms with van der Waals surface area (Å²) in [6.07, 6.45) is 4.30. The number of aryl methyl sites for hydroxylation is 3. The number of amides is 1. The number of pyridine rings is 1. The summed E-state index contributed by atoms with van der Waals surface area (Å²) >= 11 is 4.90. The van der Waals surface area contributed by atoms with Gasteiger partial charge < -0.3 is 5.32 Å². The van der Waals surface area contributed by atoms with Crippen molar-refractivity contribution in [2.45, 2.75) is 32.3 Å². The molecule has 0 aliphatic carbocycles. The zero-order chi connectivity index (χ0) is 23.4. The van der Waals surface area contributed by atoms with Crippen LogP contribution in [0.5, 0.6) is 0 Å². The molecule has 168 valence electrons. The number of nitrogens with one attached hydrogen (secondary N) is 1. The first-order valence-electron chi connectivity index (χ1n) is 10.6. The third-order valence-electron chi connectivity index (χ3n) is 5.22. The van der Waals surface area contributed by atoms with Crippen LogP contribution in [0.15, 0.2) is 70.6 Å². The molecule has 4 rings (SSSR count). The van der Waals surface area contributed by atoms with E-state index in [1.807, 2.05) is 54.8 Å². The smallest absolute Gasteiger partial charge is 0.234 e. The zero-order valence-corrected chi connectivity index (χ0v) is 21.1. The molecule has 0 bridgehead atoms. The molecule has 33 heavy (non-hydrogen) atoms. The fourth-order valence-corrected chi connectivity index (χ4v) is 4.93. The van der Waals surface area contributed by atoms with Crippen LogP contribution in [0.1, 0.15) is 23.6 Å². The largest absolute Gasteiger partial charge is 0.325 e. The number of anilines is 1. The van der Waals surface area contributed by atoms with Crippen molar-refractivity contribution in [3.05, 3.63) is 82.1 Å². The first-order valence-corrected chi connectivity index (χ1v) is 12.4. The van der Waals surface area contributed by atoms with Crippen LogP contribution in [-0.4, -0.2) is 31.4 Å². The Kier molecular flexibility index (Phi) is 7.25. The van der Waals surface area contributed by atoms with Gasteiger partial charge in [-0.15, -0.1) is 10.2 Å². The molecule has 1 N–H and O–H groups in total. The number of carbonyl (C=O) groups excluding carboxylic acids is 1. The second kappa shape index (κ2) is 10.3. The summed E-state index contributed by atoms with van der Waals surface area (Å²) in [5.74, 6) is 0.851. The average Bonchev–Trinajstić information content (AvgIpc) is 3.24. The number of benzene rings is 2. The van der Waals surface area contributed by atoms with Crippen LogP contribution < -0.4 is 5.32 Å². The average molecular weight is 522 g/mol. The quantitative estimate of drug-likeness (QED) is 0.302. The van der Waals surface area contributed by atoms with Gasteiger partial charge in [-0.2, -0.15) is 0 Å². The third-order valence-corrected chi connectivity index (χ3v) is 6.61. The minimum Gasteiger partial charge on any atom is -0.325 e. The van der Waals surface area contributed by atoms with E-state index in [1.165, 1.54) is 17.3 Å². The number of rotatable bonds is 7. The Balaban J connectivity index is 1.59. The third kappa shape index (κ3) is 5.34. The molecule has 2 aromatic carbocycles. The Bertz CT molecular complexity index is 1270. The number of hydrogen-bond donors (Lipinski definition) is 1. The van der Waals surface area contributed by atoms with Crippen LogP contribution in [0.3, 0.4) is 0 Å². The monoisotopic (exact) mass is 521 g/mol. The van der Waals surface area contributed by atoms with E-state index in [2.05, 4.69) is 55.5 Å². The maximum absolute atomic E-state index is 12.9. The predicted octanol–water partition coefficient (Wildman–Crippen LogP) is 6.00. The van der Waals surface area contributed by atoms with Gasteiger partial charge in [-0.3, -0.25) is 14.3 Å². The Morgan fingerprint density at radius 2 is 1.79 bits per heavy atom. The van der Waals surface area contributed by atoms with Crippen LogP contribution in [0, 0.1) is 13.8 Å². The highest BCUT2D eigenvalue weighted by atomic mass is 79.9. The van der Waals surface area contributed by atoms with E-state index in [9.17, 15) is 4.79 Å². The minimum atomic E-state index is -0.0796. The van der Waals surface area contributed by atoms with Gasteiger partial charge in [-0.05, 0) is 67.8 Å². The van der Waals surface area contributed by atoms with Crippen LogP contribution in [0.4, 0.5) is 5.69 Å². The summed E-state index contributed by atoms with van der Waals surface area (Å²) in [5.41, 5.74) is 6.03. The van der Waals surface area contributed by atoms with Crippen molar-refractivity contribution >= 4 is 39.3 Å². The van der Waals surface area contributed by atoms with E-state index in [0.717, 1.165) is 39.0 Å². The number of nitrogens with zero attached hydrogens (tertiary/aromatic N) is 4. The molecule has 0 unspecified atom stereocenters. The van der Waals surface area contributed by atoms with E-state index in [1.54, 1.807) is 12.4 Å². The molecule has 0 saturated heterocycles. The lowest BCUT2D eigenvalue weighted by molar-refractivity contribution is -0.113. The van der Waals surface area contributed by atoms with Crippen molar-refractivity contribution in [1.29, 1.82) is 0 Å². The number of hydrogen-bond acceptors (Lipinski definition) is 5. The van der Waals surface area contributed by atoms with E-state index in [-0.39, 0.29) is 11.7 Å². The molecule has 2 aromatic heterocycles. The molecule has 0 radical (unpaired) electrons. The molecule has 0 spiro atoms. The highest BCUT2D eigenvalue weighted by Crippen LogP contribution is 2.29. The van der Waals surface area contributed by atoms with Crippen LogP contribution in [-0.2, 0) is 11.2 Å². The zero-order valence-electron chi connectivity index (χ0n) is 18.7. The van der Waals surface area contributed by atoms with Crippen molar-refractivity contribution < 1.29 is 4.79 Å². The Hall–Kier alpha value is -2.97. The van der Waals surface area contributed by atoms with Gasteiger partial charge in [0.15, 0.2) is 11.0 Å². The predicted molar refractivity (Wildman–Crippen MR) is 137 cm³/mol. The Morgan fingerprint density at radius 3 is 2.48 bits per heavy atom. The van der Waals surface area contributed by atoms with Gasteiger partial charge in [0.25, 0.3) is 0 Å². The second-order valence-corrected chi connectivity index (χ2v) is 9.52. The fraction of sp³-hybridized carbons (Fsp3) is 0.200. The van der Waals surface area contributed by atoms with Gasteiger partial charge >= 0.3 is 0 Å². The van der Waals surface area contributed by atoms with Crippen molar-refractivity contribution in [1.82, 2.24) is 19.7 Å². The number of carbonyl (C=O) groups is 1. The van der Waals surface area contributed by atoms with E-state index >= 15 is 0 Å². The van der Waals surface area contributed by atoms with E-state index in [0.29, 0.717) is 11.0 Å². The number of thioether (sulfide) groups is 1. The molecular formula is C25H24BrN5OS. The standard InChI is InChI=1S/C25H24BrN5OS/c1-4-18-14-20(26)13-17(3)23(18)28-22(32)15-33-25-30-29-24(19-9-11-27-12-10-19)31(25)21-7-5-16(2)6-8-21/h5-14H,4,15H2,1-3H3,(H,28,32). The molecule has 0 fully saturated rings. The van der Waals surface area contributed by atoms with Gasteiger partial charge in [-0.25, -0.2) is 0 Å². The highest BCUT2D eigenvalue weighted by Gasteiger charge is 2.18. The summed E-state index contributed by atoms with van der Waals surface area (Å²) in [6.45, 7) is 6.13. The molecule has 6 nitrogen and oxygen atoms in total. The molecule has 2 heterocycles. The van der Waals surface area contributed by atoms with E-state index in [4.69, 9.17) is 0 Å². The lowest BCUT2D eigenvalue weighted by Gasteiger charge is -2.14. The van der Waals surface area contributed by atoms with Crippen molar-refractivity contribution in [2.75, 3.05) is 11.1 Å². The number of aromatic nitrogens is 4. The van der Waals surface area contributed by atoms with Crippen LogP contribution >= 0.6 is 27.7 Å². The summed E-state index contributed by atoms with van der Waals surface area (Å²) in [6, 6.07) is 16.0. The normalized spacial score (nSPS) is 10.9. The SMILES string of the molecule is CCc1cc(Br)cc(C)c1NC(=O)CSc1nnc(-c2ccncc2)n1-c1ccc(C)cc1. The maximum Gasteiger partial charge on any atom is 0.234 e. The van der Waals surface area contributed by atoms with Gasteiger partial charge in [0.1, 0.15) is 0 Å². The van der Waals surface area contributed by atoms with Crippen LogP contribution in [0.2, 0.25) is 0 Å². The molecule has 4 aromatic rings.